The third-order valence-corrected chi connectivity index (χ3v) is 3.44. The van der Waals surface area contributed by atoms with Gasteiger partial charge in [-0.2, -0.15) is 0 Å². The van der Waals surface area contributed by atoms with Gasteiger partial charge in [0.15, 0.2) is 0 Å². The zero-order valence-electron chi connectivity index (χ0n) is 11.7. The summed E-state index contributed by atoms with van der Waals surface area (Å²) in [7, 11) is 0. The highest BCUT2D eigenvalue weighted by atomic mass is 16.4. The maximum atomic E-state index is 10.9. The average molecular weight is 273 g/mol. The minimum absolute atomic E-state index is 0.233. The Labute approximate surface area is 118 Å². The summed E-state index contributed by atoms with van der Waals surface area (Å²) < 4.78 is 2.04. The number of nitrogens with two attached hydrogens (primary N) is 1. The van der Waals surface area contributed by atoms with Crippen molar-refractivity contribution in [1.29, 1.82) is 0 Å². The van der Waals surface area contributed by atoms with E-state index in [4.69, 9.17) is 10.8 Å². The molecule has 0 saturated carbocycles. The number of carbonyl (C=O) groups is 1. The number of nitrogens with zero attached hydrogens (tertiary/aromatic N) is 2. The van der Waals surface area contributed by atoms with Crippen LogP contribution in [0, 0.1) is 13.8 Å². The number of rotatable bonds is 5. The van der Waals surface area contributed by atoms with Gasteiger partial charge in [0.25, 0.3) is 0 Å². The summed E-state index contributed by atoms with van der Waals surface area (Å²) in [5.41, 5.74) is 8.72. The second-order valence-electron chi connectivity index (χ2n) is 4.92. The molecule has 0 radical (unpaired) electrons. The number of aliphatic carboxylic acids is 1. The maximum absolute atomic E-state index is 10.9. The molecule has 1 aromatic carbocycles. The van der Waals surface area contributed by atoms with E-state index in [2.05, 4.69) is 4.98 Å². The fourth-order valence-corrected chi connectivity index (χ4v) is 2.14. The predicted octanol–water partition coefficient (Wildman–Crippen LogP) is 1.50. The van der Waals surface area contributed by atoms with Gasteiger partial charge >= 0.3 is 5.97 Å². The van der Waals surface area contributed by atoms with Gasteiger partial charge < -0.3 is 15.4 Å². The Balaban J connectivity index is 2.29. The van der Waals surface area contributed by atoms with E-state index in [9.17, 15) is 4.79 Å². The molecule has 0 aliphatic rings. The highest BCUT2D eigenvalue weighted by Gasteiger charge is 2.18. The van der Waals surface area contributed by atoms with Crippen LogP contribution >= 0.6 is 0 Å². The molecule has 1 unspecified atom stereocenters. The third kappa shape index (κ3) is 3.05. The molecule has 5 nitrogen and oxygen atoms in total. The zero-order chi connectivity index (χ0) is 14.7. The van der Waals surface area contributed by atoms with Gasteiger partial charge in [-0.25, -0.2) is 4.98 Å². The van der Waals surface area contributed by atoms with Gasteiger partial charge in [0.2, 0.25) is 0 Å². The largest absolute Gasteiger partial charge is 0.480 e. The smallest absolute Gasteiger partial charge is 0.320 e. The molecule has 1 heterocycles. The monoisotopic (exact) mass is 273 g/mol. The molecule has 2 aromatic rings. The molecular weight excluding hydrogens is 254 g/mol. The van der Waals surface area contributed by atoms with E-state index >= 15 is 0 Å². The predicted molar refractivity (Wildman–Crippen MR) is 76.6 cm³/mol. The van der Waals surface area contributed by atoms with Gasteiger partial charge in [0, 0.05) is 18.7 Å². The molecule has 1 atom stereocenters. The SMILES string of the molecule is Cc1nc(CC(N)C(=O)O)n(Cc2ccccc2)c1C. The van der Waals surface area contributed by atoms with Gasteiger partial charge in [0.05, 0.1) is 5.69 Å². The molecule has 106 valence electrons. The van der Waals surface area contributed by atoms with Gasteiger partial charge in [-0.1, -0.05) is 30.3 Å². The summed E-state index contributed by atoms with van der Waals surface area (Å²) >= 11 is 0. The molecule has 0 spiro atoms. The van der Waals surface area contributed by atoms with Crippen molar-refractivity contribution in [2.75, 3.05) is 0 Å². The number of carboxylic acids is 1. The van der Waals surface area contributed by atoms with Crippen molar-refractivity contribution in [2.24, 2.45) is 5.73 Å². The van der Waals surface area contributed by atoms with Crippen LogP contribution in [0.5, 0.6) is 0 Å². The Hall–Kier alpha value is -2.14. The number of aromatic nitrogens is 2. The molecule has 0 aliphatic carbocycles. The number of hydrogen-bond acceptors (Lipinski definition) is 3. The molecule has 0 saturated heterocycles. The molecule has 0 amide bonds. The lowest BCUT2D eigenvalue weighted by molar-refractivity contribution is -0.138. The second-order valence-corrected chi connectivity index (χ2v) is 4.92. The van der Waals surface area contributed by atoms with Crippen LogP contribution in [0.25, 0.3) is 0 Å². The molecule has 0 fully saturated rings. The van der Waals surface area contributed by atoms with Gasteiger partial charge in [-0.15, -0.1) is 0 Å². The van der Waals surface area contributed by atoms with Crippen LogP contribution in [0.4, 0.5) is 0 Å². The third-order valence-electron chi connectivity index (χ3n) is 3.44. The lowest BCUT2D eigenvalue weighted by Gasteiger charge is -2.12. The molecule has 0 bridgehead atoms. The average Bonchev–Trinajstić information content (AvgIpc) is 2.67. The molecule has 5 heteroatoms. The summed E-state index contributed by atoms with van der Waals surface area (Å²) in [4.78, 5) is 15.4. The standard InChI is InChI=1S/C15H19N3O2/c1-10-11(2)18(9-12-6-4-3-5-7-12)14(17-10)8-13(16)15(19)20/h3-7,13H,8-9,16H2,1-2H3,(H,19,20). The normalized spacial score (nSPS) is 12.3. The second kappa shape index (κ2) is 5.88. The van der Waals surface area contributed by atoms with Crippen molar-refractivity contribution in [3.8, 4) is 0 Å². The summed E-state index contributed by atoms with van der Waals surface area (Å²) in [5.74, 6) is -0.284. The highest BCUT2D eigenvalue weighted by molar-refractivity contribution is 5.73. The molecule has 1 aromatic heterocycles. The van der Waals surface area contributed by atoms with Crippen LogP contribution in [0.15, 0.2) is 30.3 Å². The maximum Gasteiger partial charge on any atom is 0.320 e. The van der Waals surface area contributed by atoms with E-state index in [1.165, 1.54) is 0 Å². The fourth-order valence-electron chi connectivity index (χ4n) is 2.14. The number of benzene rings is 1. The van der Waals surface area contributed by atoms with Crippen LogP contribution < -0.4 is 5.73 Å². The highest BCUT2D eigenvalue weighted by Crippen LogP contribution is 2.14. The summed E-state index contributed by atoms with van der Waals surface area (Å²) in [6.45, 7) is 4.59. The van der Waals surface area contributed by atoms with Crippen molar-refractivity contribution < 1.29 is 9.90 Å². The van der Waals surface area contributed by atoms with Crippen molar-refractivity contribution in [3.05, 3.63) is 53.1 Å². The Kier molecular flexibility index (Phi) is 4.20. The van der Waals surface area contributed by atoms with E-state index in [1.54, 1.807) is 0 Å². The van der Waals surface area contributed by atoms with Crippen LogP contribution in [-0.2, 0) is 17.8 Å². The van der Waals surface area contributed by atoms with Gasteiger partial charge in [-0.3, -0.25) is 4.79 Å². The first-order valence-corrected chi connectivity index (χ1v) is 6.54. The van der Waals surface area contributed by atoms with Gasteiger partial charge in [-0.05, 0) is 19.4 Å². The van der Waals surface area contributed by atoms with Crippen LogP contribution in [0.2, 0.25) is 0 Å². The first kappa shape index (κ1) is 14.3. The minimum atomic E-state index is -1.01. The van der Waals surface area contributed by atoms with Crippen molar-refractivity contribution in [1.82, 2.24) is 9.55 Å². The van der Waals surface area contributed by atoms with Crippen LogP contribution in [0.3, 0.4) is 0 Å². The lowest BCUT2D eigenvalue weighted by atomic mass is 10.2. The van der Waals surface area contributed by atoms with E-state index in [0.29, 0.717) is 6.54 Å². The van der Waals surface area contributed by atoms with E-state index < -0.39 is 12.0 Å². The first-order valence-electron chi connectivity index (χ1n) is 6.54. The molecular formula is C15H19N3O2. The first-order chi connectivity index (χ1) is 9.49. The molecule has 20 heavy (non-hydrogen) atoms. The topological polar surface area (TPSA) is 81.1 Å². The zero-order valence-corrected chi connectivity index (χ0v) is 11.7. The Morgan fingerprint density at radius 3 is 2.60 bits per heavy atom. The van der Waals surface area contributed by atoms with E-state index in [1.807, 2.05) is 48.7 Å². The van der Waals surface area contributed by atoms with Crippen LogP contribution in [0.1, 0.15) is 22.8 Å². The number of aryl methyl sites for hydroxylation is 1. The quantitative estimate of drug-likeness (QED) is 0.865. The molecule has 2 rings (SSSR count). The number of hydrogen-bond donors (Lipinski definition) is 2. The van der Waals surface area contributed by atoms with Crippen molar-refractivity contribution >= 4 is 5.97 Å². The molecule has 3 N–H and O–H groups in total. The van der Waals surface area contributed by atoms with Crippen molar-refractivity contribution in [2.45, 2.75) is 32.9 Å². The van der Waals surface area contributed by atoms with Crippen molar-refractivity contribution in [3.63, 3.8) is 0 Å². The Bertz CT molecular complexity index is 605. The Morgan fingerprint density at radius 2 is 2.00 bits per heavy atom. The summed E-state index contributed by atoms with van der Waals surface area (Å²) in [5, 5.41) is 8.94. The molecule has 0 aliphatic heterocycles. The fraction of sp³-hybridized carbons (Fsp3) is 0.333. The summed E-state index contributed by atoms with van der Waals surface area (Å²) in [6, 6.07) is 9.09. The summed E-state index contributed by atoms with van der Waals surface area (Å²) in [6.07, 6.45) is 0.233. The van der Waals surface area contributed by atoms with E-state index in [-0.39, 0.29) is 6.42 Å². The van der Waals surface area contributed by atoms with E-state index in [0.717, 1.165) is 22.8 Å². The minimum Gasteiger partial charge on any atom is -0.480 e. The Morgan fingerprint density at radius 1 is 1.35 bits per heavy atom. The lowest BCUT2D eigenvalue weighted by Crippen LogP contribution is -2.33. The van der Waals surface area contributed by atoms with Gasteiger partial charge in [0.1, 0.15) is 11.9 Å². The van der Waals surface area contributed by atoms with Crippen LogP contribution in [-0.4, -0.2) is 26.7 Å². The number of carboxylic acid groups (broad SMARTS) is 1. The number of imidazole rings is 1.